The van der Waals surface area contributed by atoms with Gasteiger partial charge in [0.1, 0.15) is 0 Å². The molecule has 0 radical (unpaired) electrons. The summed E-state index contributed by atoms with van der Waals surface area (Å²) >= 11 is 0. The number of aliphatic hydroxyl groups excluding tert-OH is 1. The van der Waals surface area contributed by atoms with Crippen molar-refractivity contribution >= 4 is 10.0 Å². The summed E-state index contributed by atoms with van der Waals surface area (Å²) in [4.78, 5) is 0. The van der Waals surface area contributed by atoms with Gasteiger partial charge in [-0.3, -0.25) is 0 Å². The van der Waals surface area contributed by atoms with Crippen LogP contribution in [0.2, 0.25) is 0 Å². The van der Waals surface area contributed by atoms with Crippen molar-refractivity contribution in [3.8, 4) is 0 Å². The van der Waals surface area contributed by atoms with Crippen LogP contribution in [0.25, 0.3) is 0 Å². The molecule has 0 saturated carbocycles. The fourth-order valence-corrected chi connectivity index (χ4v) is 2.01. The molecule has 6 heteroatoms. The van der Waals surface area contributed by atoms with Crippen molar-refractivity contribution in [2.75, 3.05) is 20.3 Å². The zero-order valence-electron chi connectivity index (χ0n) is 8.86. The molecule has 0 heterocycles. The number of methoxy groups -OCH3 is 1. The molecule has 0 aromatic heterocycles. The second-order valence-corrected chi connectivity index (χ2v) is 5.35. The van der Waals surface area contributed by atoms with Gasteiger partial charge >= 0.3 is 0 Å². The Hall–Kier alpha value is -0.170. The van der Waals surface area contributed by atoms with Crippen molar-refractivity contribution in [1.29, 1.82) is 0 Å². The number of sulfonamides is 1. The van der Waals surface area contributed by atoms with Crippen LogP contribution in [0.15, 0.2) is 0 Å². The van der Waals surface area contributed by atoms with Crippen LogP contribution < -0.4 is 4.72 Å². The van der Waals surface area contributed by atoms with Crippen LogP contribution in [-0.2, 0) is 14.8 Å². The summed E-state index contributed by atoms with van der Waals surface area (Å²) in [7, 11) is -1.90. The van der Waals surface area contributed by atoms with Gasteiger partial charge in [-0.15, -0.1) is 0 Å². The number of hydrogen-bond donors (Lipinski definition) is 2. The SMILES string of the molecule is CCC(COC)NS(=O)(=O)C(C)CO. The van der Waals surface area contributed by atoms with Crippen LogP contribution in [-0.4, -0.2) is 45.1 Å². The standard InChI is InChI=1S/C8H19NO4S/c1-4-8(6-13-3)9-14(11,12)7(2)5-10/h7-10H,4-6H2,1-3H3. The highest BCUT2D eigenvalue weighted by molar-refractivity contribution is 7.90. The number of rotatable bonds is 7. The lowest BCUT2D eigenvalue weighted by atomic mass is 10.3. The van der Waals surface area contributed by atoms with Crippen molar-refractivity contribution in [2.24, 2.45) is 0 Å². The van der Waals surface area contributed by atoms with Crippen molar-refractivity contribution in [2.45, 2.75) is 31.6 Å². The lowest BCUT2D eigenvalue weighted by Gasteiger charge is -2.18. The van der Waals surface area contributed by atoms with E-state index in [1.165, 1.54) is 14.0 Å². The Balaban J connectivity index is 4.32. The van der Waals surface area contributed by atoms with E-state index in [0.29, 0.717) is 13.0 Å². The molecular formula is C8H19NO4S. The normalized spacial score (nSPS) is 16.6. The van der Waals surface area contributed by atoms with Gasteiger partial charge in [-0.1, -0.05) is 6.92 Å². The first-order valence-corrected chi connectivity index (χ1v) is 6.13. The summed E-state index contributed by atoms with van der Waals surface area (Å²) < 4.78 is 30.3. The highest BCUT2D eigenvalue weighted by Gasteiger charge is 2.22. The average molecular weight is 225 g/mol. The maximum Gasteiger partial charge on any atom is 0.216 e. The molecule has 2 unspecified atom stereocenters. The Morgan fingerprint density at radius 1 is 1.50 bits per heavy atom. The molecule has 0 aromatic rings. The van der Waals surface area contributed by atoms with Gasteiger partial charge in [-0.2, -0.15) is 0 Å². The molecule has 14 heavy (non-hydrogen) atoms. The molecule has 0 aromatic carbocycles. The van der Waals surface area contributed by atoms with E-state index in [1.807, 2.05) is 6.92 Å². The largest absolute Gasteiger partial charge is 0.395 e. The highest BCUT2D eigenvalue weighted by Crippen LogP contribution is 2.01. The molecule has 0 spiro atoms. The third-order valence-electron chi connectivity index (χ3n) is 1.98. The molecule has 0 bridgehead atoms. The van der Waals surface area contributed by atoms with E-state index in [2.05, 4.69) is 4.72 Å². The zero-order valence-corrected chi connectivity index (χ0v) is 9.67. The van der Waals surface area contributed by atoms with Crippen molar-refractivity contribution in [3.05, 3.63) is 0 Å². The molecule has 2 N–H and O–H groups in total. The highest BCUT2D eigenvalue weighted by atomic mass is 32.2. The van der Waals surface area contributed by atoms with Crippen LogP contribution in [0.5, 0.6) is 0 Å². The fraction of sp³-hybridized carbons (Fsp3) is 1.00. The maximum absolute atomic E-state index is 11.5. The van der Waals surface area contributed by atoms with Crippen LogP contribution in [0, 0.1) is 0 Å². The summed E-state index contributed by atoms with van der Waals surface area (Å²) in [6, 6.07) is -0.223. The van der Waals surface area contributed by atoms with Gasteiger partial charge in [-0.05, 0) is 13.3 Å². The summed E-state index contributed by atoms with van der Waals surface area (Å²) in [5.74, 6) is 0. The van der Waals surface area contributed by atoms with E-state index in [0.717, 1.165) is 0 Å². The average Bonchev–Trinajstić information content (AvgIpc) is 2.15. The van der Waals surface area contributed by atoms with Crippen LogP contribution in [0.4, 0.5) is 0 Å². The molecule has 0 fully saturated rings. The van der Waals surface area contributed by atoms with Gasteiger partial charge in [0.2, 0.25) is 10.0 Å². The lowest BCUT2D eigenvalue weighted by molar-refractivity contribution is 0.173. The van der Waals surface area contributed by atoms with Crippen LogP contribution in [0.3, 0.4) is 0 Å². The van der Waals surface area contributed by atoms with Gasteiger partial charge in [0, 0.05) is 13.2 Å². The predicted molar refractivity (Wildman–Crippen MR) is 54.6 cm³/mol. The second-order valence-electron chi connectivity index (χ2n) is 3.22. The topological polar surface area (TPSA) is 75.6 Å². The van der Waals surface area contributed by atoms with E-state index in [9.17, 15) is 8.42 Å². The summed E-state index contributed by atoms with van der Waals surface area (Å²) in [5, 5.41) is 7.95. The first kappa shape index (κ1) is 13.8. The Kier molecular flexibility index (Phi) is 6.26. The van der Waals surface area contributed by atoms with Gasteiger partial charge in [0.15, 0.2) is 0 Å². The Bertz CT molecular complexity index is 240. The molecule has 0 saturated heterocycles. The molecular weight excluding hydrogens is 206 g/mol. The third kappa shape index (κ3) is 4.36. The molecule has 0 amide bonds. The quantitative estimate of drug-likeness (QED) is 0.624. The number of hydrogen-bond acceptors (Lipinski definition) is 4. The minimum Gasteiger partial charge on any atom is -0.395 e. The minimum absolute atomic E-state index is 0.223. The first-order valence-electron chi connectivity index (χ1n) is 4.58. The smallest absolute Gasteiger partial charge is 0.216 e. The minimum atomic E-state index is -3.42. The lowest BCUT2D eigenvalue weighted by Crippen LogP contribution is -2.43. The van der Waals surface area contributed by atoms with E-state index < -0.39 is 15.3 Å². The number of aliphatic hydroxyl groups is 1. The predicted octanol–water partition coefficient (Wildman–Crippen LogP) is -0.288. The molecule has 5 nitrogen and oxygen atoms in total. The maximum atomic E-state index is 11.5. The van der Waals surface area contributed by atoms with E-state index in [4.69, 9.17) is 9.84 Å². The summed E-state index contributed by atoms with van der Waals surface area (Å²) in [6.07, 6.45) is 0.658. The van der Waals surface area contributed by atoms with E-state index in [-0.39, 0.29) is 12.6 Å². The molecule has 0 rings (SSSR count). The molecule has 0 aliphatic heterocycles. The Morgan fingerprint density at radius 3 is 2.43 bits per heavy atom. The van der Waals surface area contributed by atoms with Crippen LogP contribution >= 0.6 is 0 Å². The van der Waals surface area contributed by atoms with Gasteiger partial charge in [0.05, 0.1) is 18.5 Å². The first-order chi connectivity index (χ1) is 6.47. The summed E-state index contributed by atoms with van der Waals surface area (Å²) in [5.41, 5.74) is 0. The third-order valence-corrected chi connectivity index (χ3v) is 3.85. The van der Waals surface area contributed by atoms with E-state index in [1.54, 1.807) is 0 Å². The van der Waals surface area contributed by atoms with Crippen molar-refractivity contribution < 1.29 is 18.3 Å². The monoisotopic (exact) mass is 225 g/mol. The van der Waals surface area contributed by atoms with Gasteiger partial charge < -0.3 is 9.84 Å². The van der Waals surface area contributed by atoms with Gasteiger partial charge in [-0.25, -0.2) is 13.1 Å². The second kappa shape index (κ2) is 6.34. The van der Waals surface area contributed by atoms with Gasteiger partial charge in [0.25, 0.3) is 0 Å². The molecule has 0 aliphatic rings. The summed E-state index contributed by atoms with van der Waals surface area (Å²) in [6.45, 7) is 3.30. The van der Waals surface area contributed by atoms with Crippen molar-refractivity contribution in [3.63, 3.8) is 0 Å². The van der Waals surface area contributed by atoms with Crippen molar-refractivity contribution in [1.82, 2.24) is 4.72 Å². The molecule has 2 atom stereocenters. The molecule has 0 aliphatic carbocycles. The number of nitrogens with one attached hydrogen (secondary N) is 1. The van der Waals surface area contributed by atoms with Crippen LogP contribution in [0.1, 0.15) is 20.3 Å². The molecule has 86 valence electrons. The number of ether oxygens (including phenoxy) is 1. The van der Waals surface area contributed by atoms with E-state index >= 15 is 0 Å². The Labute approximate surface area is 85.5 Å². The fourth-order valence-electron chi connectivity index (χ4n) is 0.883. The Morgan fingerprint density at radius 2 is 2.07 bits per heavy atom. The zero-order chi connectivity index (χ0) is 11.2.